The van der Waals surface area contributed by atoms with Crippen molar-refractivity contribution in [2.24, 2.45) is 0 Å². The van der Waals surface area contributed by atoms with Gasteiger partial charge in [-0.2, -0.15) is 11.3 Å². The molecule has 0 N–H and O–H groups in total. The lowest BCUT2D eigenvalue weighted by Crippen LogP contribution is -2.06. The number of alkyl halides is 1. The molecule has 1 aromatic carbocycles. The summed E-state index contributed by atoms with van der Waals surface area (Å²) in [6, 6.07) is 5.84. The molecule has 0 aliphatic heterocycles. The van der Waals surface area contributed by atoms with Crippen molar-refractivity contribution in [2.45, 2.75) is 19.9 Å². The summed E-state index contributed by atoms with van der Waals surface area (Å²) < 4.78 is 2.19. The molecule has 2 nitrogen and oxygen atoms in total. The number of benzene rings is 1. The zero-order chi connectivity index (χ0) is 14.1. The number of hydrogen-bond acceptors (Lipinski definition) is 2. The van der Waals surface area contributed by atoms with Crippen LogP contribution in [0.2, 0.25) is 5.02 Å². The number of imidazole rings is 1. The Balaban J connectivity index is 2.15. The molecule has 0 aliphatic rings. The van der Waals surface area contributed by atoms with Crippen LogP contribution in [0.1, 0.15) is 17.0 Å². The smallest absolute Gasteiger partial charge is 0.111 e. The van der Waals surface area contributed by atoms with Crippen LogP contribution in [0.25, 0.3) is 11.0 Å². The monoisotopic (exact) mass is 324 g/mol. The number of halogens is 2. The van der Waals surface area contributed by atoms with Gasteiger partial charge in [-0.05, 0) is 40.9 Å². The number of rotatable bonds is 4. The van der Waals surface area contributed by atoms with Crippen LogP contribution >= 0.6 is 34.5 Å². The van der Waals surface area contributed by atoms with Gasteiger partial charge in [-0.3, -0.25) is 0 Å². The van der Waals surface area contributed by atoms with Crippen LogP contribution in [0, 0.1) is 6.92 Å². The molecule has 3 rings (SSSR count). The van der Waals surface area contributed by atoms with Gasteiger partial charge in [0.05, 0.1) is 22.6 Å². The van der Waals surface area contributed by atoms with E-state index in [2.05, 4.69) is 27.2 Å². The molecule has 2 heterocycles. The summed E-state index contributed by atoms with van der Waals surface area (Å²) in [5.74, 6) is 1.55. The highest BCUT2D eigenvalue weighted by atomic mass is 35.5. The third-order valence-electron chi connectivity index (χ3n) is 3.40. The van der Waals surface area contributed by atoms with Gasteiger partial charge < -0.3 is 4.57 Å². The van der Waals surface area contributed by atoms with Crippen LogP contribution in [-0.2, 0) is 13.0 Å². The number of para-hydroxylation sites is 1. The third kappa shape index (κ3) is 2.46. The molecular weight excluding hydrogens is 311 g/mol. The van der Waals surface area contributed by atoms with E-state index >= 15 is 0 Å². The number of aryl methyl sites for hydroxylation is 2. The van der Waals surface area contributed by atoms with Crippen LogP contribution < -0.4 is 0 Å². The fraction of sp³-hybridized carbons (Fsp3) is 0.267. The van der Waals surface area contributed by atoms with E-state index in [4.69, 9.17) is 23.2 Å². The van der Waals surface area contributed by atoms with Crippen molar-refractivity contribution in [1.29, 1.82) is 0 Å². The van der Waals surface area contributed by atoms with Gasteiger partial charge in [0.1, 0.15) is 5.82 Å². The SMILES string of the molecule is Cc1cscc1Cn1c(CCCl)nc2cccc(Cl)c21. The van der Waals surface area contributed by atoms with Crippen LogP contribution in [0.3, 0.4) is 0 Å². The first-order chi connectivity index (χ1) is 9.70. The number of thiophene rings is 1. The Morgan fingerprint density at radius 3 is 2.85 bits per heavy atom. The Labute approximate surface area is 132 Å². The molecule has 0 saturated heterocycles. The number of hydrogen-bond donors (Lipinski definition) is 0. The van der Waals surface area contributed by atoms with E-state index in [-0.39, 0.29) is 0 Å². The molecule has 0 fully saturated rings. The van der Waals surface area contributed by atoms with Crippen molar-refractivity contribution >= 4 is 45.6 Å². The van der Waals surface area contributed by atoms with Gasteiger partial charge in [0, 0.05) is 12.3 Å². The second kappa shape index (κ2) is 5.76. The zero-order valence-corrected chi connectivity index (χ0v) is 13.4. The van der Waals surface area contributed by atoms with E-state index in [1.165, 1.54) is 11.1 Å². The second-order valence-corrected chi connectivity index (χ2v) is 6.27. The standard InChI is InChI=1S/C15H14Cl2N2S/c1-10-8-20-9-11(10)7-19-14(5-6-16)18-13-4-2-3-12(17)15(13)19/h2-4,8-9H,5-7H2,1H3. The molecule has 0 saturated carbocycles. The minimum absolute atomic E-state index is 0.559. The Morgan fingerprint density at radius 2 is 2.15 bits per heavy atom. The van der Waals surface area contributed by atoms with Crippen LogP contribution in [0.5, 0.6) is 0 Å². The van der Waals surface area contributed by atoms with E-state index in [9.17, 15) is 0 Å². The Hall–Kier alpha value is -1.03. The van der Waals surface area contributed by atoms with Crippen LogP contribution in [0.4, 0.5) is 0 Å². The number of nitrogens with zero attached hydrogens (tertiary/aromatic N) is 2. The predicted octanol–water partition coefficient (Wildman–Crippen LogP) is 4.89. The largest absolute Gasteiger partial charge is 0.322 e. The van der Waals surface area contributed by atoms with Gasteiger partial charge in [-0.1, -0.05) is 17.7 Å². The van der Waals surface area contributed by atoms with E-state index in [0.29, 0.717) is 5.88 Å². The van der Waals surface area contributed by atoms with E-state index in [0.717, 1.165) is 34.8 Å². The molecule has 0 amide bonds. The van der Waals surface area contributed by atoms with Gasteiger partial charge in [0.2, 0.25) is 0 Å². The number of aromatic nitrogens is 2. The summed E-state index contributed by atoms with van der Waals surface area (Å²) >= 11 is 14.0. The lowest BCUT2D eigenvalue weighted by atomic mass is 10.2. The summed E-state index contributed by atoms with van der Waals surface area (Å²) in [7, 11) is 0. The highest BCUT2D eigenvalue weighted by Crippen LogP contribution is 2.27. The molecule has 0 radical (unpaired) electrons. The minimum atomic E-state index is 0.559. The molecule has 0 unspecified atom stereocenters. The molecule has 3 aromatic rings. The Bertz CT molecular complexity index is 745. The van der Waals surface area contributed by atoms with Gasteiger partial charge >= 0.3 is 0 Å². The Morgan fingerprint density at radius 1 is 1.30 bits per heavy atom. The highest BCUT2D eigenvalue weighted by Gasteiger charge is 2.14. The maximum atomic E-state index is 6.36. The van der Waals surface area contributed by atoms with Crippen molar-refractivity contribution in [3.05, 3.63) is 50.9 Å². The van der Waals surface area contributed by atoms with E-state index in [1.807, 2.05) is 18.2 Å². The quantitative estimate of drug-likeness (QED) is 0.625. The van der Waals surface area contributed by atoms with Gasteiger partial charge in [0.25, 0.3) is 0 Å². The van der Waals surface area contributed by atoms with Crippen molar-refractivity contribution in [3.8, 4) is 0 Å². The van der Waals surface area contributed by atoms with Crippen LogP contribution in [0.15, 0.2) is 29.0 Å². The Kier molecular flexibility index (Phi) is 4.01. The lowest BCUT2D eigenvalue weighted by Gasteiger charge is -2.09. The summed E-state index contributed by atoms with van der Waals surface area (Å²) in [4.78, 5) is 4.67. The fourth-order valence-corrected chi connectivity index (χ4v) is 3.64. The second-order valence-electron chi connectivity index (χ2n) is 4.74. The first kappa shape index (κ1) is 13.9. The van der Waals surface area contributed by atoms with Crippen LogP contribution in [-0.4, -0.2) is 15.4 Å². The summed E-state index contributed by atoms with van der Waals surface area (Å²) in [5, 5.41) is 5.09. The van der Waals surface area contributed by atoms with Crippen molar-refractivity contribution in [1.82, 2.24) is 9.55 Å². The summed E-state index contributed by atoms with van der Waals surface area (Å²) in [6.07, 6.45) is 0.746. The van der Waals surface area contributed by atoms with Crippen molar-refractivity contribution in [3.63, 3.8) is 0 Å². The first-order valence-electron chi connectivity index (χ1n) is 6.42. The minimum Gasteiger partial charge on any atom is -0.322 e. The van der Waals surface area contributed by atoms with Gasteiger partial charge in [-0.25, -0.2) is 4.98 Å². The number of fused-ring (bicyclic) bond motifs is 1. The predicted molar refractivity (Wildman–Crippen MR) is 87.3 cm³/mol. The fourth-order valence-electron chi connectivity index (χ4n) is 2.35. The zero-order valence-electron chi connectivity index (χ0n) is 11.1. The normalized spacial score (nSPS) is 11.3. The molecule has 0 aliphatic carbocycles. The van der Waals surface area contributed by atoms with E-state index in [1.54, 1.807) is 11.3 Å². The average Bonchev–Trinajstić information content (AvgIpc) is 2.97. The molecule has 104 valence electrons. The molecule has 2 aromatic heterocycles. The average molecular weight is 325 g/mol. The van der Waals surface area contributed by atoms with Gasteiger partial charge in [-0.15, -0.1) is 11.6 Å². The highest BCUT2D eigenvalue weighted by molar-refractivity contribution is 7.08. The molecule has 5 heteroatoms. The maximum Gasteiger partial charge on any atom is 0.111 e. The molecule has 20 heavy (non-hydrogen) atoms. The summed E-state index contributed by atoms with van der Waals surface area (Å²) in [5.41, 5.74) is 4.55. The van der Waals surface area contributed by atoms with Crippen molar-refractivity contribution in [2.75, 3.05) is 5.88 Å². The molecule has 0 bridgehead atoms. The van der Waals surface area contributed by atoms with E-state index < -0.39 is 0 Å². The van der Waals surface area contributed by atoms with Crippen molar-refractivity contribution < 1.29 is 0 Å². The lowest BCUT2D eigenvalue weighted by molar-refractivity contribution is 0.753. The molecular formula is C15H14Cl2N2S. The molecule has 0 atom stereocenters. The summed E-state index contributed by atoms with van der Waals surface area (Å²) in [6.45, 7) is 2.93. The first-order valence-corrected chi connectivity index (χ1v) is 8.27. The third-order valence-corrected chi connectivity index (χ3v) is 4.81. The molecule has 0 spiro atoms. The van der Waals surface area contributed by atoms with Gasteiger partial charge in [0.15, 0.2) is 0 Å². The maximum absolute atomic E-state index is 6.36. The topological polar surface area (TPSA) is 17.8 Å².